The van der Waals surface area contributed by atoms with Crippen molar-refractivity contribution >= 4 is 11.2 Å². The van der Waals surface area contributed by atoms with Gasteiger partial charge in [0.1, 0.15) is 0 Å². The second kappa shape index (κ2) is 6.73. The van der Waals surface area contributed by atoms with Gasteiger partial charge in [-0.15, -0.1) is 0 Å². The highest BCUT2D eigenvalue weighted by Gasteiger charge is 2.23. The fraction of sp³-hybridized carbons (Fsp3) is 0.333. The number of rotatable bonds is 3. The van der Waals surface area contributed by atoms with E-state index in [9.17, 15) is 4.55 Å². The Balaban J connectivity index is 2.01. The van der Waals surface area contributed by atoms with Crippen molar-refractivity contribution in [3.63, 3.8) is 0 Å². The van der Waals surface area contributed by atoms with Crippen LogP contribution in [0.5, 0.6) is 5.75 Å². The fourth-order valence-electron chi connectivity index (χ4n) is 2.82. The Labute approximate surface area is 135 Å². The smallest absolute Gasteiger partial charge is 0.200 e. The quantitative estimate of drug-likeness (QED) is 0.817. The predicted octanol–water partition coefficient (Wildman–Crippen LogP) is 2.89. The number of ether oxygens (including phenoxy) is 1. The minimum atomic E-state index is -1.21. The van der Waals surface area contributed by atoms with E-state index in [1.54, 1.807) is 7.11 Å². The van der Waals surface area contributed by atoms with Gasteiger partial charge < -0.3 is 14.2 Å². The van der Waals surface area contributed by atoms with Crippen molar-refractivity contribution in [1.82, 2.24) is 4.90 Å². The molecule has 22 heavy (non-hydrogen) atoms. The van der Waals surface area contributed by atoms with Crippen molar-refractivity contribution in [2.75, 3.05) is 27.2 Å². The normalized spacial score (nSPS) is 16.7. The molecule has 1 heterocycles. The minimum Gasteiger partial charge on any atom is -0.606 e. The highest BCUT2D eigenvalue weighted by molar-refractivity contribution is 7.91. The summed E-state index contributed by atoms with van der Waals surface area (Å²) in [6, 6.07) is 13.7. The van der Waals surface area contributed by atoms with Crippen LogP contribution in [0.2, 0.25) is 0 Å². The highest BCUT2D eigenvalue weighted by atomic mass is 32.2. The van der Waals surface area contributed by atoms with Gasteiger partial charge in [-0.1, -0.05) is 18.2 Å². The molecule has 1 aliphatic rings. The van der Waals surface area contributed by atoms with Crippen LogP contribution in [-0.4, -0.2) is 36.7 Å². The molecule has 0 aliphatic carbocycles. The van der Waals surface area contributed by atoms with Gasteiger partial charge in [0.05, 0.1) is 7.11 Å². The van der Waals surface area contributed by atoms with Gasteiger partial charge in [-0.25, -0.2) is 0 Å². The molecule has 1 unspecified atom stereocenters. The Kier molecular flexibility index (Phi) is 4.71. The predicted molar refractivity (Wildman–Crippen MR) is 89.0 cm³/mol. The highest BCUT2D eigenvalue weighted by Crippen LogP contribution is 2.33. The summed E-state index contributed by atoms with van der Waals surface area (Å²) in [5, 5.41) is 0. The molecule has 0 N–H and O–H groups in total. The molecule has 0 radical (unpaired) electrons. The van der Waals surface area contributed by atoms with Gasteiger partial charge in [-0.3, -0.25) is 0 Å². The van der Waals surface area contributed by atoms with Crippen LogP contribution in [0.3, 0.4) is 0 Å². The van der Waals surface area contributed by atoms with Gasteiger partial charge in [-0.05, 0) is 49.2 Å². The average Bonchev–Trinajstić information content (AvgIpc) is 2.75. The first kappa shape index (κ1) is 15.4. The molecule has 3 nitrogen and oxygen atoms in total. The maximum absolute atomic E-state index is 12.9. The molecule has 0 saturated heterocycles. The number of hydrogen-bond acceptors (Lipinski definition) is 3. The molecule has 0 spiro atoms. The third-order valence-corrected chi connectivity index (χ3v) is 5.59. The second-order valence-electron chi connectivity index (χ2n) is 5.66. The van der Waals surface area contributed by atoms with Crippen molar-refractivity contribution in [2.45, 2.75) is 22.6 Å². The lowest BCUT2D eigenvalue weighted by atomic mass is 10.0. The number of nitrogens with zero attached hydrogens (tertiary/aromatic N) is 1. The van der Waals surface area contributed by atoms with Gasteiger partial charge in [-0.2, -0.15) is 0 Å². The summed E-state index contributed by atoms with van der Waals surface area (Å²) < 4.78 is 18.4. The van der Waals surface area contributed by atoms with Crippen LogP contribution in [0.1, 0.15) is 11.1 Å². The van der Waals surface area contributed by atoms with Gasteiger partial charge >= 0.3 is 0 Å². The number of hydrogen-bond donors (Lipinski definition) is 0. The molecule has 0 fully saturated rings. The fourth-order valence-corrected chi connectivity index (χ4v) is 4.05. The zero-order chi connectivity index (χ0) is 15.5. The van der Waals surface area contributed by atoms with Crippen LogP contribution in [0.15, 0.2) is 52.3 Å². The Morgan fingerprint density at radius 3 is 2.32 bits per heavy atom. The average molecular weight is 315 g/mol. The van der Waals surface area contributed by atoms with Crippen molar-refractivity contribution in [1.29, 1.82) is 0 Å². The maximum Gasteiger partial charge on any atom is 0.200 e. The van der Waals surface area contributed by atoms with Crippen LogP contribution < -0.4 is 4.74 Å². The first-order valence-corrected chi connectivity index (χ1v) is 8.69. The Bertz CT molecular complexity index is 645. The number of fused-ring (bicyclic) bond motifs is 1. The van der Waals surface area contributed by atoms with E-state index in [2.05, 4.69) is 24.1 Å². The zero-order valence-electron chi connectivity index (χ0n) is 13.0. The minimum absolute atomic E-state index is 0.727. The van der Waals surface area contributed by atoms with Gasteiger partial charge in [0.2, 0.25) is 4.90 Å². The SMILES string of the molecule is COc1cc2c(cc1[S+]([O-])c1ccccc1)CCN(C)CC2. The summed E-state index contributed by atoms with van der Waals surface area (Å²) in [5.41, 5.74) is 2.61. The summed E-state index contributed by atoms with van der Waals surface area (Å²) >= 11 is -1.21. The second-order valence-corrected chi connectivity index (χ2v) is 7.11. The summed E-state index contributed by atoms with van der Waals surface area (Å²) in [6.45, 7) is 2.09. The van der Waals surface area contributed by atoms with E-state index in [-0.39, 0.29) is 0 Å². The first-order chi connectivity index (χ1) is 10.7. The van der Waals surface area contributed by atoms with E-state index in [0.29, 0.717) is 0 Å². The molecule has 1 aliphatic heterocycles. The summed E-state index contributed by atoms with van der Waals surface area (Å²) in [7, 11) is 3.79. The number of methoxy groups -OCH3 is 1. The maximum atomic E-state index is 12.9. The molecule has 2 aromatic carbocycles. The first-order valence-electron chi connectivity index (χ1n) is 7.54. The topological polar surface area (TPSA) is 35.5 Å². The molecule has 0 amide bonds. The largest absolute Gasteiger partial charge is 0.606 e. The molecule has 3 rings (SSSR count). The van der Waals surface area contributed by atoms with Crippen LogP contribution >= 0.6 is 0 Å². The third kappa shape index (κ3) is 3.14. The summed E-state index contributed by atoms with van der Waals surface area (Å²) in [5.74, 6) is 0.727. The van der Waals surface area contributed by atoms with Crippen molar-refractivity contribution in [3.05, 3.63) is 53.6 Å². The molecule has 4 heteroatoms. The van der Waals surface area contributed by atoms with E-state index in [0.717, 1.165) is 41.5 Å². The van der Waals surface area contributed by atoms with E-state index >= 15 is 0 Å². The Morgan fingerprint density at radius 1 is 1.05 bits per heavy atom. The molecular weight excluding hydrogens is 294 g/mol. The zero-order valence-corrected chi connectivity index (χ0v) is 13.9. The standard InChI is InChI=1S/C18H21NO2S/c1-19-10-8-14-12-17(21-2)18(13-15(14)9-11-19)22(20)16-6-4-3-5-7-16/h3-7,12-13H,8-11H2,1-2H3. The van der Waals surface area contributed by atoms with Crippen molar-refractivity contribution in [2.24, 2.45) is 0 Å². The van der Waals surface area contributed by atoms with E-state index in [1.165, 1.54) is 11.1 Å². The lowest BCUT2D eigenvalue weighted by molar-refractivity contribution is 0.352. The van der Waals surface area contributed by atoms with Gasteiger partial charge in [0, 0.05) is 30.3 Å². The molecule has 0 bridgehead atoms. The lowest BCUT2D eigenvalue weighted by Crippen LogP contribution is -2.20. The third-order valence-electron chi connectivity index (χ3n) is 4.17. The monoisotopic (exact) mass is 315 g/mol. The van der Waals surface area contributed by atoms with Crippen LogP contribution in [-0.2, 0) is 24.0 Å². The van der Waals surface area contributed by atoms with Crippen LogP contribution in [0.4, 0.5) is 0 Å². The summed E-state index contributed by atoms with van der Waals surface area (Å²) in [4.78, 5) is 3.92. The lowest BCUT2D eigenvalue weighted by Gasteiger charge is -2.16. The van der Waals surface area contributed by atoms with E-state index < -0.39 is 11.2 Å². The summed E-state index contributed by atoms with van der Waals surface area (Å²) in [6.07, 6.45) is 2.01. The van der Waals surface area contributed by atoms with Gasteiger partial charge in [0.25, 0.3) is 0 Å². The number of likely N-dealkylation sites (N-methyl/N-ethyl adjacent to an activating group) is 1. The molecular formula is C18H21NO2S. The number of benzene rings is 2. The molecule has 0 saturated carbocycles. The van der Waals surface area contributed by atoms with E-state index in [4.69, 9.17) is 4.74 Å². The molecule has 2 aromatic rings. The van der Waals surface area contributed by atoms with Crippen LogP contribution in [0, 0.1) is 0 Å². The van der Waals surface area contributed by atoms with E-state index in [1.807, 2.05) is 30.3 Å². The van der Waals surface area contributed by atoms with Crippen molar-refractivity contribution in [3.8, 4) is 5.75 Å². The van der Waals surface area contributed by atoms with Crippen LogP contribution in [0.25, 0.3) is 0 Å². The Hall–Kier alpha value is -1.49. The molecule has 0 aromatic heterocycles. The molecule has 116 valence electrons. The van der Waals surface area contributed by atoms with Crippen molar-refractivity contribution < 1.29 is 9.29 Å². The Morgan fingerprint density at radius 2 is 1.68 bits per heavy atom. The van der Waals surface area contributed by atoms with Gasteiger partial charge in [0.15, 0.2) is 10.6 Å². The molecule has 1 atom stereocenters.